The average Bonchev–Trinajstić information content (AvgIpc) is 2.69. The van der Waals surface area contributed by atoms with Crippen LogP contribution in [0.2, 0.25) is 0 Å². The van der Waals surface area contributed by atoms with Gasteiger partial charge < -0.3 is 10.5 Å². The predicted octanol–water partition coefficient (Wildman–Crippen LogP) is 1.01. The van der Waals surface area contributed by atoms with Crippen LogP contribution >= 0.6 is 0 Å². The van der Waals surface area contributed by atoms with Crippen molar-refractivity contribution in [1.82, 2.24) is 15.2 Å². The second-order valence-corrected chi connectivity index (χ2v) is 3.55. The third-order valence-corrected chi connectivity index (χ3v) is 2.83. The molecule has 0 saturated carbocycles. The number of anilines is 1. The van der Waals surface area contributed by atoms with E-state index in [0.717, 1.165) is 0 Å². The Morgan fingerprint density at radius 3 is 2.44 bits per heavy atom. The number of nitrogens with zero attached hydrogens (tertiary/aromatic N) is 2. The number of nitrogens with two attached hydrogens (primary N) is 1. The molecule has 0 aromatic carbocycles. The highest BCUT2D eigenvalue weighted by Gasteiger charge is 2.41. The molecule has 0 aliphatic carbocycles. The van der Waals surface area contributed by atoms with Crippen molar-refractivity contribution in [1.29, 1.82) is 0 Å². The third kappa shape index (κ3) is 2.00. The zero-order chi connectivity index (χ0) is 12.2. The summed E-state index contributed by atoms with van der Waals surface area (Å²) in [5.41, 5.74) is 4.69. The lowest BCUT2D eigenvalue weighted by Crippen LogP contribution is -2.37. The van der Waals surface area contributed by atoms with Crippen molar-refractivity contribution in [3.05, 3.63) is 5.82 Å². The molecular formula is C10H18N4O2. The number of aromatic nitrogens is 3. The van der Waals surface area contributed by atoms with Crippen LogP contribution in [0.3, 0.4) is 0 Å². The van der Waals surface area contributed by atoms with Crippen molar-refractivity contribution in [2.24, 2.45) is 0 Å². The molecule has 0 bridgehead atoms. The Bertz CT molecular complexity index is 357. The first kappa shape index (κ1) is 12.5. The summed E-state index contributed by atoms with van der Waals surface area (Å²) in [6.45, 7) is 5.96. The van der Waals surface area contributed by atoms with Crippen LogP contribution in [0, 0.1) is 0 Å². The number of carbonyl (C=O) groups is 1. The Hall–Kier alpha value is -1.59. The zero-order valence-corrected chi connectivity index (χ0v) is 9.91. The molecule has 0 amide bonds. The summed E-state index contributed by atoms with van der Waals surface area (Å²) < 4.78 is 5.09. The number of nitrogen functional groups attached to an aromatic ring is 1. The SMILES string of the molecule is CCOC(=O)C(CC)(CC)c1nc(N)n[nH]1. The fraction of sp³-hybridized carbons (Fsp3) is 0.700. The number of aromatic amines is 1. The van der Waals surface area contributed by atoms with Crippen LogP contribution in [-0.4, -0.2) is 27.8 Å². The number of rotatable bonds is 5. The van der Waals surface area contributed by atoms with Gasteiger partial charge in [-0.2, -0.15) is 4.98 Å². The number of nitrogens with one attached hydrogen (secondary N) is 1. The number of ether oxygens (including phenoxy) is 1. The molecule has 90 valence electrons. The van der Waals surface area contributed by atoms with Gasteiger partial charge in [0.15, 0.2) is 0 Å². The lowest BCUT2D eigenvalue weighted by Gasteiger charge is -2.26. The van der Waals surface area contributed by atoms with Crippen LogP contribution in [0.25, 0.3) is 0 Å². The summed E-state index contributed by atoms with van der Waals surface area (Å²) >= 11 is 0. The Kier molecular flexibility index (Phi) is 3.87. The second kappa shape index (κ2) is 4.96. The van der Waals surface area contributed by atoms with E-state index in [1.165, 1.54) is 0 Å². The summed E-state index contributed by atoms with van der Waals surface area (Å²) in [5.74, 6) is 0.343. The predicted molar refractivity (Wildman–Crippen MR) is 59.7 cm³/mol. The number of carbonyl (C=O) groups excluding carboxylic acids is 1. The van der Waals surface area contributed by atoms with Crippen molar-refractivity contribution >= 4 is 11.9 Å². The molecule has 0 spiro atoms. The molecule has 0 fully saturated rings. The van der Waals surface area contributed by atoms with Crippen molar-refractivity contribution in [3.8, 4) is 0 Å². The van der Waals surface area contributed by atoms with Gasteiger partial charge in [0.1, 0.15) is 11.2 Å². The van der Waals surface area contributed by atoms with Crippen LogP contribution in [0.1, 0.15) is 39.4 Å². The maximum absolute atomic E-state index is 12.0. The minimum Gasteiger partial charge on any atom is -0.465 e. The van der Waals surface area contributed by atoms with Gasteiger partial charge in [-0.25, -0.2) is 0 Å². The van der Waals surface area contributed by atoms with Gasteiger partial charge >= 0.3 is 5.97 Å². The molecule has 0 aliphatic rings. The lowest BCUT2D eigenvalue weighted by molar-refractivity contribution is -0.151. The molecule has 0 atom stereocenters. The van der Waals surface area contributed by atoms with E-state index in [4.69, 9.17) is 10.5 Å². The summed E-state index contributed by atoms with van der Waals surface area (Å²) in [6.07, 6.45) is 1.19. The Morgan fingerprint density at radius 1 is 1.44 bits per heavy atom. The molecule has 1 aromatic rings. The topological polar surface area (TPSA) is 93.9 Å². The van der Waals surface area contributed by atoms with E-state index in [1.807, 2.05) is 13.8 Å². The van der Waals surface area contributed by atoms with Crippen molar-refractivity contribution in [2.45, 2.75) is 39.0 Å². The lowest BCUT2D eigenvalue weighted by atomic mass is 9.81. The summed E-state index contributed by atoms with van der Waals surface area (Å²) in [4.78, 5) is 16.0. The highest BCUT2D eigenvalue weighted by Crippen LogP contribution is 2.30. The van der Waals surface area contributed by atoms with Crippen molar-refractivity contribution in [2.75, 3.05) is 12.3 Å². The van der Waals surface area contributed by atoms with E-state index in [-0.39, 0.29) is 11.9 Å². The maximum atomic E-state index is 12.0. The zero-order valence-electron chi connectivity index (χ0n) is 9.91. The third-order valence-electron chi connectivity index (χ3n) is 2.83. The highest BCUT2D eigenvalue weighted by molar-refractivity contribution is 5.82. The molecule has 0 aliphatic heterocycles. The van der Waals surface area contributed by atoms with Crippen LogP contribution in [0.5, 0.6) is 0 Å². The summed E-state index contributed by atoms with van der Waals surface area (Å²) in [5, 5.41) is 6.46. The molecule has 3 N–H and O–H groups in total. The van der Waals surface area contributed by atoms with E-state index >= 15 is 0 Å². The van der Waals surface area contributed by atoms with Crippen LogP contribution < -0.4 is 5.73 Å². The molecule has 6 heteroatoms. The van der Waals surface area contributed by atoms with Gasteiger partial charge in [0.05, 0.1) is 6.61 Å². The molecule has 0 unspecified atom stereocenters. The van der Waals surface area contributed by atoms with Crippen LogP contribution in [-0.2, 0) is 14.9 Å². The van der Waals surface area contributed by atoms with Gasteiger partial charge in [0.2, 0.25) is 5.95 Å². The molecule has 6 nitrogen and oxygen atoms in total. The van der Waals surface area contributed by atoms with Gasteiger partial charge in [-0.05, 0) is 19.8 Å². The minimum absolute atomic E-state index is 0.144. The number of hydrogen-bond donors (Lipinski definition) is 2. The van der Waals surface area contributed by atoms with Crippen LogP contribution in [0.4, 0.5) is 5.95 Å². The molecule has 0 radical (unpaired) electrons. The van der Waals surface area contributed by atoms with E-state index in [0.29, 0.717) is 25.3 Å². The van der Waals surface area contributed by atoms with Gasteiger partial charge in [-0.1, -0.05) is 13.8 Å². The second-order valence-electron chi connectivity index (χ2n) is 3.55. The molecule has 0 saturated heterocycles. The Labute approximate surface area is 94.6 Å². The highest BCUT2D eigenvalue weighted by atomic mass is 16.5. The maximum Gasteiger partial charge on any atom is 0.319 e. The Balaban J connectivity index is 3.09. The smallest absolute Gasteiger partial charge is 0.319 e. The number of H-pyrrole nitrogens is 1. The number of esters is 1. The van der Waals surface area contributed by atoms with E-state index in [9.17, 15) is 4.79 Å². The minimum atomic E-state index is -0.763. The van der Waals surface area contributed by atoms with Crippen molar-refractivity contribution in [3.63, 3.8) is 0 Å². The first-order chi connectivity index (χ1) is 7.60. The molecule has 1 aromatic heterocycles. The summed E-state index contributed by atoms with van der Waals surface area (Å²) in [7, 11) is 0. The quantitative estimate of drug-likeness (QED) is 0.731. The average molecular weight is 226 g/mol. The largest absolute Gasteiger partial charge is 0.465 e. The van der Waals surface area contributed by atoms with E-state index in [2.05, 4.69) is 15.2 Å². The van der Waals surface area contributed by atoms with Crippen LogP contribution in [0.15, 0.2) is 0 Å². The van der Waals surface area contributed by atoms with E-state index < -0.39 is 5.41 Å². The van der Waals surface area contributed by atoms with Gasteiger partial charge in [0.25, 0.3) is 0 Å². The summed E-state index contributed by atoms with van der Waals surface area (Å²) in [6, 6.07) is 0. The normalized spacial score (nSPS) is 11.4. The first-order valence-electron chi connectivity index (χ1n) is 5.46. The number of hydrogen-bond acceptors (Lipinski definition) is 5. The molecule has 16 heavy (non-hydrogen) atoms. The van der Waals surface area contributed by atoms with Crippen molar-refractivity contribution < 1.29 is 9.53 Å². The van der Waals surface area contributed by atoms with Gasteiger partial charge in [-0.15, -0.1) is 5.10 Å². The fourth-order valence-electron chi connectivity index (χ4n) is 1.73. The van der Waals surface area contributed by atoms with Gasteiger partial charge in [0, 0.05) is 0 Å². The Morgan fingerprint density at radius 2 is 2.06 bits per heavy atom. The van der Waals surface area contributed by atoms with E-state index in [1.54, 1.807) is 6.92 Å². The molecule has 1 rings (SSSR count). The van der Waals surface area contributed by atoms with Gasteiger partial charge in [-0.3, -0.25) is 9.89 Å². The first-order valence-corrected chi connectivity index (χ1v) is 5.46. The molecule has 1 heterocycles. The fourth-order valence-corrected chi connectivity index (χ4v) is 1.73. The molecular weight excluding hydrogens is 208 g/mol. The monoisotopic (exact) mass is 226 g/mol. The standard InChI is InChI=1S/C10H18N4O2/c1-4-10(5-2,8(15)16-6-3)7-12-9(11)14-13-7/h4-6H2,1-3H3,(H3,11,12,13,14).